The van der Waals surface area contributed by atoms with Gasteiger partial charge in [-0.25, -0.2) is 9.97 Å². The van der Waals surface area contributed by atoms with Crippen LogP contribution >= 0.6 is 0 Å². The smallest absolute Gasteiger partial charge is 0.180 e. The molecule has 0 spiro atoms. The second-order valence-corrected chi connectivity index (χ2v) is 17.7. The molecule has 10 aromatic carbocycles. The molecule has 5 heteroatoms. The number of nitrogens with zero attached hydrogens (tertiary/aromatic N) is 4. The average molecular weight is 881 g/mol. The molecule has 14 rings (SSSR count). The minimum atomic E-state index is 0.649. The summed E-state index contributed by atoms with van der Waals surface area (Å²) in [7, 11) is 0. The molecule has 4 heterocycles. The first-order valence-electron chi connectivity index (χ1n) is 23.4. The highest BCUT2D eigenvalue weighted by atomic mass is 16.3. The number of aromatic nitrogens is 4. The molecule has 0 aliphatic heterocycles. The molecule has 0 saturated carbocycles. The van der Waals surface area contributed by atoms with Crippen LogP contribution < -0.4 is 0 Å². The van der Waals surface area contributed by atoms with Crippen molar-refractivity contribution in [1.29, 1.82) is 0 Å². The quantitative estimate of drug-likeness (QED) is 0.160. The maximum atomic E-state index is 7.01. The van der Waals surface area contributed by atoms with Crippen molar-refractivity contribution in [2.45, 2.75) is 0 Å². The molecule has 0 bridgehead atoms. The topological polar surface area (TPSA) is 48.8 Å². The number of furan rings is 1. The summed E-state index contributed by atoms with van der Waals surface area (Å²) >= 11 is 0. The molecule has 0 saturated heterocycles. The maximum absolute atomic E-state index is 7.01. The van der Waals surface area contributed by atoms with Gasteiger partial charge in [-0.1, -0.05) is 170 Å². The molecule has 69 heavy (non-hydrogen) atoms. The van der Waals surface area contributed by atoms with Crippen LogP contribution in [0.3, 0.4) is 0 Å². The summed E-state index contributed by atoms with van der Waals surface area (Å²) in [4.78, 5) is 10.6. The van der Waals surface area contributed by atoms with Crippen LogP contribution in [-0.2, 0) is 0 Å². The summed E-state index contributed by atoms with van der Waals surface area (Å²) in [5, 5.41) is 5.84. The van der Waals surface area contributed by atoms with Gasteiger partial charge in [0.05, 0.1) is 22.1 Å². The molecule has 4 aromatic heterocycles. The van der Waals surface area contributed by atoms with E-state index in [0.717, 1.165) is 78.0 Å². The van der Waals surface area contributed by atoms with Crippen LogP contribution in [0, 0.1) is 0 Å². The Morgan fingerprint density at radius 1 is 0.290 bits per heavy atom. The monoisotopic (exact) mass is 880 g/mol. The molecular weight excluding hydrogens is 841 g/mol. The first-order chi connectivity index (χ1) is 34.2. The van der Waals surface area contributed by atoms with E-state index in [2.05, 4.69) is 228 Å². The average Bonchev–Trinajstić information content (AvgIpc) is 4.09. The largest absolute Gasteiger partial charge is 0.451 e. The molecule has 0 unspecified atom stereocenters. The maximum Gasteiger partial charge on any atom is 0.180 e. The summed E-state index contributed by atoms with van der Waals surface area (Å²) in [5.74, 6) is 0.649. The Morgan fingerprint density at radius 2 is 0.754 bits per heavy atom. The standard InChI is InChI=1S/C64H40N4O/c1-5-17-41(18-6-1)47-39-52(42-19-7-2-8-20-42)62-55(40-47)61-63(69-62)60(65-64(66-61)44-21-9-3-10-22-44)43-29-33-49(34-30-43)68-57-28-16-14-26-51(57)54-38-46(32-36-59(54)68)45-31-35-58-53(37-45)50-25-13-15-27-56(50)67(58)48-23-11-4-12-24-48/h1-40H. The van der Waals surface area contributed by atoms with Crippen molar-refractivity contribution in [3.8, 4) is 67.4 Å². The van der Waals surface area contributed by atoms with Crippen molar-refractivity contribution < 1.29 is 4.42 Å². The first kappa shape index (κ1) is 38.9. The van der Waals surface area contributed by atoms with Crippen LogP contribution in [0.5, 0.6) is 0 Å². The molecule has 14 aromatic rings. The molecule has 322 valence electrons. The van der Waals surface area contributed by atoms with Gasteiger partial charge in [-0.2, -0.15) is 0 Å². The molecule has 0 aliphatic rings. The molecule has 0 aliphatic carbocycles. The van der Waals surface area contributed by atoms with Crippen LogP contribution in [0.2, 0.25) is 0 Å². The van der Waals surface area contributed by atoms with Gasteiger partial charge >= 0.3 is 0 Å². The van der Waals surface area contributed by atoms with Gasteiger partial charge < -0.3 is 13.6 Å². The fourth-order valence-corrected chi connectivity index (χ4v) is 10.5. The van der Waals surface area contributed by atoms with Crippen LogP contribution in [0.4, 0.5) is 0 Å². The van der Waals surface area contributed by atoms with Gasteiger partial charge in [-0.3, -0.25) is 0 Å². The number of rotatable bonds is 7. The first-order valence-corrected chi connectivity index (χ1v) is 23.4. The zero-order valence-electron chi connectivity index (χ0n) is 37.3. The van der Waals surface area contributed by atoms with E-state index in [1.807, 2.05) is 24.3 Å². The predicted molar refractivity (Wildman–Crippen MR) is 285 cm³/mol. The highest BCUT2D eigenvalue weighted by molar-refractivity contribution is 6.14. The van der Waals surface area contributed by atoms with E-state index in [1.165, 1.54) is 43.7 Å². The highest BCUT2D eigenvalue weighted by Gasteiger charge is 2.23. The molecular formula is C64H40N4O. The summed E-state index contributed by atoms with van der Waals surface area (Å²) < 4.78 is 11.7. The summed E-state index contributed by atoms with van der Waals surface area (Å²) in [6.07, 6.45) is 0. The lowest BCUT2D eigenvalue weighted by Gasteiger charge is -2.11. The fourth-order valence-electron chi connectivity index (χ4n) is 10.5. The van der Waals surface area contributed by atoms with Crippen LogP contribution in [0.15, 0.2) is 247 Å². The van der Waals surface area contributed by atoms with E-state index in [1.54, 1.807) is 0 Å². The number of fused-ring (bicyclic) bond motifs is 9. The third-order valence-electron chi connectivity index (χ3n) is 13.7. The number of benzene rings is 10. The van der Waals surface area contributed by atoms with Crippen molar-refractivity contribution in [3.63, 3.8) is 0 Å². The summed E-state index contributed by atoms with van der Waals surface area (Å²) in [6, 6.07) is 86.2. The summed E-state index contributed by atoms with van der Waals surface area (Å²) in [6.45, 7) is 0. The molecule has 0 radical (unpaired) electrons. The lowest BCUT2D eigenvalue weighted by Crippen LogP contribution is -1.96. The summed E-state index contributed by atoms with van der Waals surface area (Å²) in [5.41, 5.74) is 18.5. The minimum Gasteiger partial charge on any atom is -0.451 e. The van der Waals surface area contributed by atoms with Crippen molar-refractivity contribution in [2.75, 3.05) is 0 Å². The van der Waals surface area contributed by atoms with Gasteiger partial charge in [0, 0.05) is 55.0 Å². The Hall–Kier alpha value is -9.32. The van der Waals surface area contributed by atoms with Gasteiger partial charge in [-0.15, -0.1) is 0 Å². The normalized spacial score (nSPS) is 11.8. The van der Waals surface area contributed by atoms with Crippen molar-refractivity contribution in [1.82, 2.24) is 19.1 Å². The van der Waals surface area contributed by atoms with Gasteiger partial charge in [0.1, 0.15) is 16.8 Å². The molecule has 5 nitrogen and oxygen atoms in total. The second-order valence-electron chi connectivity index (χ2n) is 17.7. The lowest BCUT2D eigenvalue weighted by molar-refractivity contribution is 0.668. The van der Waals surface area contributed by atoms with Crippen molar-refractivity contribution in [3.05, 3.63) is 243 Å². The van der Waals surface area contributed by atoms with E-state index in [-0.39, 0.29) is 0 Å². The van der Waals surface area contributed by atoms with Crippen LogP contribution in [-0.4, -0.2) is 19.1 Å². The second kappa shape index (κ2) is 15.7. The van der Waals surface area contributed by atoms with Crippen molar-refractivity contribution >= 4 is 65.7 Å². The zero-order chi connectivity index (χ0) is 45.4. The van der Waals surface area contributed by atoms with Gasteiger partial charge in [0.25, 0.3) is 0 Å². The van der Waals surface area contributed by atoms with Gasteiger partial charge in [0.15, 0.2) is 11.4 Å². The molecule has 0 amide bonds. The van der Waals surface area contributed by atoms with E-state index < -0.39 is 0 Å². The predicted octanol–water partition coefficient (Wildman–Crippen LogP) is 16.9. The molecule has 0 N–H and O–H groups in total. The highest BCUT2D eigenvalue weighted by Crippen LogP contribution is 2.43. The lowest BCUT2D eigenvalue weighted by atomic mass is 9.96. The Balaban J connectivity index is 0.910. The van der Waals surface area contributed by atoms with E-state index in [9.17, 15) is 0 Å². The third-order valence-corrected chi connectivity index (χ3v) is 13.7. The Morgan fingerprint density at radius 3 is 1.35 bits per heavy atom. The number of hydrogen-bond acceptors (Lipinski definition) is 3. The SMILES string of the molecule is c1ccc(-c2cc(-c3ccccc3)c3oc4c(-c5ccc(-n6c7ccccc7c7cc(-c8ccc9c(c8)c8ccccc8n9-c8ccccc8)ccc76)cc5)nc(-c5ccccc5)nc4c3c2)cc1. The number of hydrogen-bond donors (Lipinski definition) is 0. The van der Waals surface area contributed by atoms with Crippen molar-refractivity contribution in [2.24, 2.45) is 0 Å². The van der Waals surface area contributed by atoms with E-state index in [4.69, 9.17) is 14.4 Å². The van der Waals surface area contributed by atoms with Crippen LogP contribution in [0.1, 0.15) is 0 Å². The van der Waals surface area contributed by atoms with E-state index in [0.29, 0.717) is 11.4 Å². The van der Waals surface area contributed by atoms with Crippen LogP contribution in [0.25, 0.3) is 133 Å². The fraction of sp³-hybridized carbons (Fsp3) is 0. The third kappa shape index (κ3) is 6.32. The van der Waals surface area contributed by atoms with E-state index >= 15 is 0 Å². The Bertz CT molecular complexity index is 4270. The van der Waals surface area contributed by atoms with Gasteiger partial charge in [0.2, 0.25) is 0 Å². The zero-order valence-corrected chi connectivity index (χ0v) is 37.3. The Labute approximate surface area is 397 Å². The van der Waals surface area contributed by atoms with Gasteiger partial charge in [-0.05, 0) is 101 Å². The Kier molecular flexibility index (Phi) is 8.83. The molecule has 0 atom stereocenters. The minimum absolute atomic E-state index is 0.649. The molecule has 0 fully saturated rings. The number of para-hydroxylation sites is 3.